The highest BCUT2D eigenvalue weighted by molar-refractivity contribution is 5.94. The molecule has 1 rings (SSSR count). The van der Waals surface area contributed by atoms with Crippen LogP contribution in [-0.2, 0) is 6.42 Å². The van der Waals surface area contributed by atoms with Gasteiger partial charge in [-0.05, 0) is 30.2 Å². The first-order valence-electron chi connectivity index (χ1n) is 4.23. The number of hydrogen-bond donors (Lipinski definition) is 2. The number of hydrogen-bond acceptors (Lipinski definition) is 2. The zero-order valence-electron chi connectivity index (χ0n) is 7.79. The van der Waals surface area contributed by atoms with Crippen LogP contribution in [0.3, 0.4) is 0 Å². The van der Waals surface area contributed by atoms with Crippen molar-refractivity contribution < 1.29 is 9.90 Å². The Labute approximate surface area is 77.4 Å². The van der Waals surface area contributed by atoms with Crippen LogP contribution in [0.25, 0.3) is 0 Å². The van der Waals surface area contributed by atoms with Crippen molar-refractivity contribution in [3.8, 4) is 5.75 Å². The van der Waals surface area contributed by atoms with Crippen LogP contribution < -0.4 is 5.32 Å². The Morgan fingerprint density at radius 1 is 1.54 bits per heavy atom. The summed E-state index contributed by atoms with van der Waals surface area (Å²) in [6, 6.07) is 4.85. The van der Waals surface area contributed by atoms with E-state index in [1.165, 1.54) is 0 Å². The summed E-state index contributed by atoms with van der Waals surface area (Å²) < 4.78 is 0. The highest BCUT2D eigenvalue weighted by Crippen LogP contribution is 2.18. The number of carbonyl (C=O) groups is 1. The fourth-order valence-electron chi connectivity index (χ4n) is 1.15. The molecule has 0 aliphatic carbocycles. The maximum Gasteiger partial charge on any atom is 0.251 e. The quantitative estimate of drug-likeness (QED) is 0.719. The predicted molar refractivity (Wildman–Crippen MR) is 50.9 cm³/mol. The molecule has 0 spiro atoms. The van der Waals surface area contributed by atoms with Gasteiger partial charge in [-0.15, -0.1) is 0 Å². The number of phenols is 1. The molecule has 0 aliphatic rings. The van der Waals surface area contributed by atoms with Gasteiger partial charge in [-0.2, -0.15) is 0 Å². The van der Waals surface area contributed by atoms with Gasteiger partial charge in [0.25, 0.3) is 5.91 Å². The lowest BCUT2D eigenvalue weighted by molar-refractivity contribution is 0.0963. The summed E-state index contributed by atoms with van der Waals surface area (Å²) in [5.74, 6) is 0.116. The molecular weight excluding hydrogens is 166 g/mol. The maximum absolute atomic E-state index is 11.2. The van der Waals surface area contributed by atoms with E-state index in [2.05, 4.69) is 5.32 Å². The molecule has 1 aromatic rings. The zero-order chi connectivity index (χ0) is 9.84. The number of carbonyl (C=O) groups excluding carboxylic acids is 1. The van der Waals surface area contributed by atoms with E-state index >= 15 is 0 Å². The number of nitrogens with one attached hydrogen (secondary N) is 1. The Hall–Kier alpha value is -1.51. The van der Waals surface area contributed by atoms with Crippen molar-refractivity contribution in [3.05, 3.63) is 29.3 Å². The molecule has 2 N–H and O–H groups in total. The van der Waals surface area contributed by atoms with Crippen LogP contribution in [0, 0.1) is 0 Å². The maximum atomic E-state index is 11.2. The molecule has 0 saturated carbocycles. The molecule has 3 nitrogen and oxygen atoms in total. The second-order valence-corrected chi connectivity index (χ2v) is 2.78. The van der Waals surface area contributed by atoms with Gasteiger partial charge in [-0.1, -0.05) is 6.92 Å². The van der Waals surface area contributed by atoms with Crippen LogP contribution >= 0.6 is 0 Å². The first-order valence-corrected chi connectivity index (χ1v) is 4.23. The lowest BCUT2D eigenvalue weighted by atomic mass is 10.1. The van der Waals surface area contributed by atoms with Gasteiger partial charge in [0, 0.05) is 12.6 Å². The monoisotopic (exact) mass is 179 g/mol. The summed E-state index contributed by atoms with van der Waals surface area (Å²) >= 11 is 0. The minimum atomic E-state index is -0.130. The van der Waals surface area contributed by atoms with E-state index in [1.807, 2.05) is 6.92 Å². The standard InChI is InChI=1S/C10H13NO2/c1-3-7-6-8(10(13)11-2)4-5-9(7)12/h4-6,12H,3H2,1-2H3,(H,11,13). The molecule has 0 bridgehead atoms. The molecule has 0 fully saturated rings. The van der Waals surface area contributed by atoms with E-state index < -0.39 is 0 Å². The van der Waals surface area contributed by atoms with Gasteiger partial charge < -0.3 is 10.4 Å². The normalized spacial score (nSPS) is 9.69. The summed E-state index contributed by atoms with van der Waals surface area (Å²) in [5.41, 5.74) is 1.37. The van der Waals surface area contributed by atoms with Crippen LogP contribution in [0.4, 0.5) is 0 Å². The molecule has 3 heteroatoms. The van der Waals surface area contributed by atoms with Gasteiger partial charge in [0.05, 0.1) is 0 Å². The van der Waals surface area contributed by atoms with Crippen LogP contribution in [-0.4, -0.2) is 18.1 Å². The number of rotatable bonds is 2. The van der Waals surface area contributed by atoms with E-state index in [-0.39, 0.29) is 11.7 Å². The van der Waals surface area contributed by atoms with Gasteiger partial charge in [-0.3, -0.25) is 4.79 Å². The predicted octanol–water partition coefficient (Wildman–Crippen LogP) is 1.31. The second-order valence-electron chi connectivity index (χ2n) is 2.78. The van der Waals surface area contributed by atoms with E-state index in [0.29, 0.717) is 5.56 Å². The molecule has 1 aromatic carbocycles. The summed E-state index contributed by atoms with van der Waals surface area (Å²) in [4.78, 5) is 11.2. The van der Waals surface area contributed by atoms with Crippen molar-refractivity contribution >= 4 is 5.91 Å². The topological polar surface area (TPSA) is 49.3 Å². The number of amides is 1. The molecule has 0 radical (unpaired) electrons. The van der Waals surface area contributed by atoms with Gasteiger partial charge in [0.15, 0.2) is 0 Å². The van der Waals surface area contributed by atoms with E-state index in [1.54, 1.807) is 25.2 Å². The highest BCUT2D eigenvalue weighted by Gasteiger charge is 2.05. The first kappa shape index (κ1) is 9.58. The van der Waals surface area contributed by atoms with E-state index in [0.717, 1.165) is 12.0 Å². The molecule has 0 aromatic heterocycles. The third kappa shape index (κ3) is 1.99. The van der Waals surface area contributed by atoms with E-state index in [9.17, 15) is 9.90 Å². The van der Waals surface area contributed by atoms with Crippen molar-refractivity contribution in [2.45, 2.75) is 13.3 Å². The molecular formula is C10H13NO2. The molecule has 1 amide bonds. The number of benzene rings is 1. The van der Waals surface area contributed by atoms with Crippen LogP contribution in [0.1, 0.15) is 22.8 Å². The van der Waals surface area contributed by atoms with Crippen LogP contribution in [0.2, 0.25) is 0 Å². The Morgan fingerprint density at radius 2 is 2.23 bits per heavy atom. The highest BCUT2D eigenvalue weighted by atomic mass is 16.3. The lowest BCUT2D eigenvalue weighted by Gasteiger charge is -2.04. The minimum absolute atomic E-state index is 0.130. The molecule has 13 heavy (non-hydrogen) atoms. The second kappa shape index (κ2) is 3.94. The fraction of sp³-hybridized carbons (Fsp3) is 0.300. The average molecular weight is 179 g/mol. The zero-order valence-corrected chi connectivity index (χ0v) is 7.79. The Bertz CT molecular complexity index is 321. The van der Waals surface area contributed by atoms with Crippen molar-refractivity contribution in [1.82, 2.24) is 5.32 Å². The van der Waals surface area contributed by atoms with Crippen LogP contribution in [0.5, 0.6) is 5.75 Å². The molecule has 0 atom stereocenters. The molecule has 0 heterocycles. The lowest BCUT2D eigenvalue weighted by Crippen LogP contribution is -2.17. The van der Waals surface area contributed by atoms with Gasteiger partial charge in [-0.25, -0.2) is 0 Å². The largest absolute Gasteiger partial charge is 0.508 e. The summed E-state index contributed by atoms with van der Waals surface area (Å²) in [5, 5.41) is 11.9. The SMILES string of the molecule is CCc1cc(C(=O)NC)ccc1O. The van der Waals surface area contributed by atoms with Crippen molar-refractivity contribution in [2.24, 2.45) is 0 Å². The number of phenolic OH excluding ortho intramolecular Hbond substituents is 1. The molecule has 70 valence electrons. The van der Waals surface area contributed by atoms with E-state index in [4.69, 9.17) is 0 Å². The summed E-state index contributed by atoms with van der Waals surface area (Å²) in [7, 11) is 1.58. The average Bonchev–Trinajstić information content (AvgIpc) is 2.17. The Kier molecular flexibility index (Phi) is 2.90. The number of aryl methyl sites for hydroxylation is 1. The van der Waals surface area contributed by atoms with Crippen molar-refractivity contribution in [1.29, 1.82) is 0 Å². The molecule has 0 saturated heterocycles. The third-order valence-electron chi connectivity index (χ3n) is 1.95. The smallest absolute Gasteiger partial charge is 0.251 e. The first-order chi connectivity index (χ1) is 6.19. The Morgan fingerprint density at radius 3 is 2.77 bits per heavy atom. The minimum Gasteiger partial charge on any atom is -0.508 e. The van der Waals surface area contributed by atoms with Gasteiger partial charge >= 0.3 is 0 Å². The fourth-order valence-corrected chi connectivity index (χ4v) is 1.15. The van der Waals surface area contributed by atoms with Crippen molar-refractivity contribution in [2.75, 3.05) is 7.05 Å². The number of aromatic hydroxyl groups is 1. The molecule has 0 aliphatic heterocycles. The summed E-state index contributed by atoms with van der Waals surface area (Å²) in [6.45, 7) is 1.93. The third-order valence-corrected chi connectivity index (χ3v) is 1.95. The van der Waals surface area contributed by atoms with Crippen LogP contribution in [0.15, 0.2) is 18.2 Å². The van der Waals surface area contributed by atoms with Crippen molar-refractivity contribution in [3.63, 3.8) is 0 Å². The Balaban J connectivity index is 3.06. The summed E-state index contributed by atoms with van der Waals surface area (Å²) in [6.07, 6.45) is 0.719. The molecule has 0 unspecified atom stereocenters. The van der Waals surface area contributed by atoms with Gasteiger partial charge in [0.2, 0.25) is 0 Å². The van der Waals surface area contributed by atoms with Gasteiger partial charge in [0.1, 0.15) is 5.75 Å².